The summed E-state index contributed by atoms with van der Waals surface area (Å²) in [7, 11) is -2.15. The van der Waals surface area contributed by atoms with E-state index in [0.29, 0.717) is 12.8 Å². The van der Waals surface area contributed by atoms with Crippen LogP contribution in [0, 0.1) is 0 Å². The number of carbonyl (C=O) groups excluding carboxylic acids is 1. The number of hydrogen-bond donors (Lipinski definition) is 1. The standard InChI is InChI=1S/C10H20N2O4S/c1-16-10(13)7-12(17(2,14)15)9-5-3-8(11)4-6-9/h8-9H,3-7,11H2,1-2H3. The second kappa shape index (κ2) is 5.79. The van der Waals surface area contributed by atoms with Gasteiger partial charge in [0.05, 0.1) is 13.4 Å². The molecule has 7 heteroatoms. The average Bonchev–Trinajstić information content (AvgIpc) is 2.25. The Balaban J connectivity index is 2.73. The van der Waals surface area contributed by atoms with E-state index in [0.717, 1.165) is 19.1 Å². The van der Waals surface area contributed by atoms with E-state index in [1.807, 2.05) is 0 Å². The molecule has 17 heavy (non-hydrogen) atoms. The zero-order valence-electron chi connectivity index (χ0n) is 10.3. The molecule has 0 radical (unpaired) electrons. The van der Waals surface area contributed by atoms with Gasteiger partial charge in [0, 0.05) is 12.1 Å². The van der Waals surface area contributed by atoms with Gasteiger partial charge in [-0.1, -0.05) is 0 Å². The molecule has 1 saturated carbocycles. The molecule has 1 aliphatic carbocycles. The van der Waals surface area contributed by atoms with Crippen LogP contribution in [0.25, 0.3) is 0 Å². The maximum absolute atomic E-state index is 11.7. The lowest BCUT2D eigenvalue weighted by molar-refractivity contribution is -0.141. The maximum atomic E-state index is 11.7. The van der Waals surface area contributed by atoms with Crippen LogP contribution >= 0.6 is 0 Å². The van der Waals surface area contributed by atoms with E-state index in [4.69, 9.17) is 5.73 Å². The molecule has 100 valence electrons. The smallest absolute Gasteiger partial charge is 0.321 e. The van der Waals surface area contributed by atoms with Crippen molar-refractivity contribution in [2.45, 2.75) is 37.8 Å². The van der Waals surface area contributed by atoms with Crippen LogP contribution in [-0.2, 0) is 19.6 Å². The van der Waals surface area contributed by atoms with E-state index >= 15 is 0 Å². The summed E-state index contributed by atoms with van der Waals surface area (Å²) < 4.78 is 29.0. The molecule has 0 unspecified atom stereocenters. The van der Waals surface area contributed by atoms with Gasteiger partial charge in [-0.05, 0) is 25.7 Å². The highest BCUT2D eigenvalue weighted by Crippen LogP contribution is 2.23. The summed E-state index contributed by atoms with van der Waals surface area (Å²) in [5, 5.41) is 0. The predicted octanol–water partition coefficient (Wildman–Crippen LogP) is -0.309. The third-order valence-corrected chi connectivity index (χ3v) is 4.37. The normalized spacial score (nSPS) is 25.9. The van der Waals surface area contributed by atoms with Crippen LogP contribution in [0.1, 0.15) is 25.7 Å². The molecule has 1 aliphatic rings. The Labute approximate surface area is 102 Å². The summed E-state index contributed by atoms with van der Waals surface area (Å²) in [5.41, 5.74) is 5.77. The molecule has 0 bridgehead atoms. The van der Waals surface area contributed by atoms with E-state index in [2.05, 4.69) is 4.74 Å². The Bertz CT molecular complexity index is 361. The second-order valence-electron chi connectivity index (χ2n) is 4.45. The minimum Gasteiger partial charge on any atom is -0.468 e. The fraction of sp³-hybridized carbons (Fsp3) is 0.900. The quantitative estimate of drug-likeness (QED) is 0.704. The number of nitrogens with zero attached hydrogens (tertiary/aromatic N) is 1. The van der Waals surface area contributed by atoms with Crippen molar-refractivity contribution in [1.29, 1.82) is 0 Å². The lowest BCUT2D eigenvalue weighted by atomic mass is 9.92. The number of sulfonamides is 1. The number of nitrogens with two attached hydrogens (primary N) is 1. The van der Waals surface area contributed by atoms with Crippen LogP contribution in [0.5, 0.6) is 0 Å². The third kappa shape index (κ3) is 4.25. The fourth-order valence-corrected chi connectivity index (χ4v) is 3.19. The molecule has 1 fully saturated rings. The van der Waals surface area contributed by atoms with Crippen LogP contribution in [0.4, 0.5) is 0 Å². The molecule has 0 aromatic rings. The largest absolute Gasteiger partial charge is 0.468 e. The number of rotatable bonds is 4. The monoisotopic (exact) mass is 264 g/mol. The molecule has 1 rings (SSSR count). The Morgan fingerprint density at radius 1 is 1.35 bits per heavy atom. The number of hydrogen-bond acceptors (Lipinski definition) is 5. The molecule has 0 saturated heterocycles. The Morgan fingerprint density at radius 3 is 2.29 bits per heavy atom. The van der Waals surface area contributed by atoms with Crippen LogP contribution in [-0.4, -0.2) is 50.7 Å². The zero-order chi connectivity index (χ0) is 13.1. The summed E-state index contributed by atoms with van der Waals surface area (Å²) in [4.78, 5) is 11.2. The van der Waals surface area contributed by atoms with Crippen molar-refractivity contribution < 1.29 is 17.9 Å². The molecular weight excluding hydrogens is 244 g/mol. The van der Waals surface area contributed by atoms with Gasteiger partial charge in [-0.3, -0.25) is 4.79 Å². The zero-order valence-corrected chi connectivity index (χ0v) is 11.1. The van der Waals surface area contributed by atoms with Crippen LogP contribution in [0.2, 0.25) is 0 Å². The third-order valence-electron chi connectivity index (χ3n) is 3.09. The van der Waals surface area contributed by atoms with Crippen LogP contribution in [0.15, 0.2) is 0 Å². The van der Waals surface area contributed by atoms with E-state index in [1.54, 1.807) is 0 Å². The predicted molar refractivity (Wildman–Crippen MR) is 63.8 cm³/mol. The van der Waals surface area contributed by atoms with Gasteiger partial charge in [-0.25, -0.2) is 8.42 Å². The van der Waals surface area contributed by atoms with E-state index < -0.39 is 16.0 Å². The van der Waals surface area contributed by atoms with Crippen molar-refractivity contribution in [3.8, 4) is 0 Å². The molecule has 0 spiro atoms. The summed E-state index contributed by atoms with van der Waals surface area (Å²) in [6.45, 7) is -0.213. The summed E-state index contributed by atoms with van der Waals surface area (Å²) >= 11 is 0. The number of ether oxygens (including phenoxy) is 1. The SMILES string of the molecule is COC(=O)CN(C1CCC(N)CC1)S(C)(=O)=O. The summed E-state index contributed by atoms with van der Waals surface area (Å²) in [6, 6.07) is 0.00897. The first-order valence-electron chi connectivity index (χ1n) is 5.63. The van der Waals surface area contributed by atoms with Crippen molar-refractivity contribution in [2.24, 2.45) is 5.73 Å². The molecule has 0 amide bonds. The van der Waals surface area contributed by atoms with Gasteiger partial charge in [0.1, 0.15) is 6.54 Å². The van der Waals surface area contributed by atoms with Gasteiger partial charge >= 0.3 is 5.97 Å². The number of esters is 1. The van der Waals surface area contributed by atoms with Crippen molar-refractivity contribution in [1.82, 2.24) is 4.31 Å². The molecule has 0 aromatic carbocycles. The van der Waals surface area contributed by atoms with E-state index in [1.165, 1.54) is 11.4 Å². The fourth-order valence-electron chi connectivity index (χ4n) is 2.10. The van der Waals surface area contributed by atoms with Gasteiger partial charge in [0.25, 0.3) is 0 Å². The van der Waals surface area contributed by atoms with Gasteiger partial charge < -0.3 is 10.5 Å². The summed E-state index contributed by atoms with van der Waals surface area (Å²) in [6.07, 6.45) is 4.09. The van der Waals surface area contributed by atoms with Crippen molar-refractivity contribution in [2.75, 3.05) is 19.9 Å². The highest BCUT2D eigenvalue weighted by atomic mass is 32.2. The molecule has 0 atom stereocenters. The maximum Gasteiger partial charge on any atom is 0.321 e. The first-order chi connectivity index (χ1) is 7.84. The van der Waals surface area contributed by atoms with Gasteiger partial charge in [-0.15, -0.1) is 0 Å². The van der Waals surface area contributed by atoms with Crippen molar-refractivity contribution in [3.05, 3.63) is 0 Å². The number of carbonyl (C=O) groups is 1. The minimum atomic E-state index is -3.40. The molecule has 0 heterocycles. The molecular formula is C10H20N2O4S. The molecule has 2 N–H and O–H groups in total. The Hall–Kier alpha value is -0.660. The van der Waals surface area contributed by atoms with Gasteiger partial charge in [0.2, 0.25) is 10.0 Å². The highest BCUT2D eigenvalue weighted by Gasteiger charge is 2.31. The van der Waals surface area contributed by atoms with E-state index in [-0.39, 0.29) is 18.6 Å². The second-order valence-corrected chi connectivity index (χ2v) is 6.39. The Kier molecular flexibility index (Phi) is 4.91. The van der Waals surface area contributed by atoms with Crippen LogP contribution < -0.4 is 5.73 Å². The minimum absolute atomic E-state index is 0.135. The first kappa shape index (κ1) is 14.4. The van der Waals surface area contributed by atoms with Gasteiger partial charge in [0.15, 0.2) is 0 Å². The van der Waals surface area contributed by atoms with Crippen molar-refractivity contribution >= 4 is 16.0 Å². The van der Waals surface area contributed by atoms with E-state index in [9.17, 15) is 13.2 Å². The average molecular weight is 264 g/mol. The number of methoxy groups -OCH3 is 1. The molecule has 6 nitrogen and oxygen atoms in total. The topological polar surface area (TPSA) is 89.7 Å². The molecule has 0 aromatic heterocycles. The van der Waals surface area contributed by atoms with Gasteiger partial charge in [-0.2, -0.15) is 4.31 Å². The molecule has 0 aliphatic heterocycles. The Morgan fingerprint density at radius 2 is 1.88 bits per heavy atom. The van der Waals surface area contributed by atoms with Crippen LogP contribution in [0.3, 0.4) is 0 Å². The van der Waals surface area contributed by atoms with Crippen molar-refractivity contribution in [3.63, 3.8) is 0 Å². The lowest BCUT2D eigenvalue weighted by Gasteiger charge is -2.33. The highest BCUT2D eigenvalue weighted by molar-refractivity contribution is 7.88. The first-order valence-corrected chi connectivity index (χ1v) is 7.48. The summed E-state index contributed by atoms with van der Waals surface area (Å²) in [5.74, 6) is -0.537. The lowest BCUT2D eigenvalue weighted by Crippen LogP contribution is -2.46.